The van der Waals surface area contributed by atoms with Crippen LogP contribution in [0.5, 0.6) is 0 Å². The van der Waals surface area contributed by atoms with Crippen molar-refractivity contribution in [3.8, 4) is 0 Å². The molecule has 1 aromatic rings. The van der Waals surface area contributed by atoms with Crippen LogP contribution in [0.15, 0.2) is 24.3 Å². The second kappa shape index (κ2) is 6.61. The van der Waals surface area contributed by atoms with Crippen LogP contribution in [-0.4, -0.2) is 26.3 Å². The molecule has 2 atom stereocenters. The molecule has 0 bridgehead atoms. The molecule has 2 nitrogen and oxygen atoms in total. The van der Waals surface area contributed by atoms with E-state index in [1.165, 1.54) is 6.07 Å². The third kappa shape index (κ3) is 3.58. The van der Waals surface area contributed by atoms with Crippen LogP contribution in [0.4, 0.5) is 4.39 Å². The van der Waals surface area contributed by atoms with Crippen molar-refractivity contribution in [2.75, 3.05) is 14.2 Å². The summed E-state index contributed by atoms with van der Waals surface area (Å²) in [4.78, 5) is 0. The predicted octanol–water partition coefficient (Wildman–Crippen LogP) is 2.38. The molecule has 2 unspecified atom stereocenters. The third-order valence-corrected chi connectivity index (χ3v) is 2.87. The van der Waals surface area contributed by atoms with Crippen LogP contribution in [0, 0.1) is 5.82 Å². The van der Waals surface area contributed by atoms with E-state index in [0.29, 0.717) is 0 Å². The van der Waals surface area contributed by atoms with E-state index in [4.69, 9.17) is 4.74 Å². The van der Waals surface area contributed by atoms with Crippen LogP contribution in [-0.2, 0) is 11.2 Å². The minimum Gasteiger partial charge on any atom is -0.380 e. The average Bonchev–Trinajstić information content (AvgIpc) is 2.29. The summed E-state index contributed by atoms with van der Waals surface area (Å²) in [6.45, 7) is 2.09. The van der Waals surface area contributed by atoms with Gasteiger partial charge in [-0.2, -0.15) is 0 Å². The fourth-order valence-electron chi connectivity index (χ4n) is 1.95. The second-order valence-electron chi connectivity index (χ2n) is 3.91. The first kappa shape index (κ1) is 13.1. The molecule has 0 heterocycles. The fourth-order valence-corrected chi connectivity index (χ4v) is 1.95. The van der Waals surface area contributed by atoms with E-state index in [0.717, 1.165) is 18.4 Å². The lowest BCUT2D eigenvalue weighted by molar-refractivity contribution is 0.0678. The molecule has 0 spiro atoms. The van der Waals surface area contributed by atoms with Crippen LogP contribution in [0.3, 0.4) is 0 Å². The van der Waals surface area contributed by atoms with Gasteiger partial charge in [-0.3, -0.25) is 0 Å². The highest BCUT2D eigenvalue weighted by atomic mass is 19.1. The predicted molar refractivity (Wildman–Crippen MR) is 64.0 cm³/mol. The van der Waals surface area contributed by atoms with E-state index in [-0.39, 0.29) is 18.0 Å². The van der Waals surface area contributed by atoms with E-state index in [9.17, 15) is 4.39 Å². The zero-order valence-corrected chi connectivity index (χ0v) is 10.2. The number of hydrogen-bond donors (Lipinski definition) is 1. The molecular weight excluding hydrogens is 205 g/mol. The van der Waals surface area contributed by atoms with Gasteiger partial charge in [-0.15, -0.1) is 0 Å². The summed E-state index contributed by atoms with van der Waals surface area (Å²) in [5.41, 5.74) is 0.995. The van der Waals surface area contributed by atoms with Crippen molar-refractivity contribution < 1.29 is 9.13 Å². The molecule has 0 amide bonds. The molecule has 0 aliphatic heterocycles. The van der Waals surface area contributed by atoms with Crippen molar-refractivity contribution in [2.45, 2.75) is 31.9 Å². The maximum Gasteiger partial charge on any atom is 0.123 e. The highest BCUT2D eigenvalue weighted by Gasteiger charge is 2.18. The Morgan fingerprint density at radius 3 is 2.69 bits per heavy atom. The van der Waals surface area contributed by atoms with Gasteiger partial charge < -0.3 is 10.1 Å². The van der Waals surface area contributed by atoms with Gasteiger partial charge in [0.15, 0.2) is 0 Å². The first-order valence-corrected chi connectivity index (χ1v) is 5.65. The normalized spacial score (nSPS) is 14.8. The van der Waals surface area contributed by atoms with E-state index < -0.39 is 0 Å². The third-order valence-electron chi connectivity index (χ3n) is 2.87. The summed E-state index contributed by atoms with van der Waals surface area (Å²) >= 11 is 0. The molecule has 3 heteroatoms. The Hall–Kier alpha value is -0.930. The van der Waals surface area contributed by atoms with Crippen molar-refractivity contribution in [2.24, 2.45) is 0 Å². The van der Waals surface area contributed by atoms with Gasteiger partial charge in [0, 0.05) is 13.2 Å². The summed E-state index contributed by atoms with van der Waals surface area (Å²) in [7, 11) is 3.62. The Morgan fingerprint density at radius 1 is 1.44 bits per heavy atom. The Morgan fingerprint density at radius 2 is 2.19 bits per heavy atom. The Balaban J connectivity index is 2.69. The molecule has 0 aromatic heterocycles. The molecule has 0 aliphatic rings. The average molecular weight is 225 g/mol. The number of nitrogens with one attached hydrogen (secondary N) is 1. The number of ether oxygens (including phenoxy) is 1. The maximum absolute atomic E-state index is 13.0. The number of rotatable bonds is 6. The first-order valence-electron chi connectivity index (χ1n) is 5.65. The van der Waals surface area contributed by atoms with Crippen molar-refractivity contribution in [3.05, 3.63) is 35.6 Å². The molecule has 1 aromatic carbocycles. The molecule has 90 valence electrons. The Kier molecular flexibility index (Phi) is 5.43. The van der Waals surface area contributed by atoms with Crippen molar-refractivity contribution in [3.63, 3.8) is 0 Å². The Bertz CT molecular complexity index is 313. The summed E-state index contributed by atoms with van der Waals surface area (Å²) in [6, 6.07) is 6.94. The summed E-state index contributed by atoms with van der Waals surface area (Å²) in [5.74, 6) is -0.183. The molecule has 0 saturated heterocycles. The van der Waals surface area contributed by atoms with Gasteiger partial charge in [0.2, 0.25) is 0 Å². The van der Waals surface area contributed by atoms with E-state index in [1.807, 2.05) is 13.1 Å². The van der Waals surface area contributed by atoms with Gasteiger partial charge in [0.05, 0.1) is 6.10 Å². The maximum atomic E-state index is 13.0. The number of halogens is 1. The lowest BCUT2D eigenvalue weighted by Gasteiger charge is -2.24. The molecule has 16 heavy (non-hydrogen) atoms. The van der Waals surface area contributed by atoms with Gasteiger partial charge in [0.25, 0.3) is 0 Å². The molecule has 0 radical (unpaired) electrons. The minimum absolute atomic E-state index is 0.160. The van der Waals surface area contributed by atoms with Crippen LogP contribution in [0.2, 0.25) is 0 Å². The van der Waals surface area contributed by atoms with Gasteiger partial charge in [-0.1, -0.05) is 19.1 Å². The van der Waals surface area contributed by atoms with Crippen molar-refractivity contribution >= 4 is 0 Å². The lowest BCUT2D eigenvalue weighted by atomic mass is 10.00. The zero-order chi connectivity index (χ0) is 12.0. The van der Waals surface area contributed by atoms with E-state index in [1.54, 1.807) is 19.2 Å². The highest BCUT2D eigenvalue weighted by molar-refractivity contribution is 5.17. The second-order valence-corrected chi connectivity index (χ2v) is 3.91. The van der Waals surface area contributed by atoms with Gasteiger partial charge in [-0.05, 0) is 37.6 Å². The fraction of sp³-hybridized carbons (Fsp3) is 0.538. The van der Waals surface area contributed by atoms with Crippen LogP contribution in [0.1, 0.15) is 18.9 Å². The molecule has 0 saturated carbocycles. The SMILES string of the molecule is CCC(OC)C(Cc1cccc(F)c1)NC. The molecule has 1 rings (SSSR count). The molecule has 1 N–H and O–H groups in total. The summed E-state index contributed by atoms with van der Waals surface area (Å²) in [6.07, 6.45) is 1.88. The smallest absolute Gasteiger partial charge is 0.123 e. The van der Waals surface area contributed by atoms with Crippen LogP contribution < -0.4 is 5.32 Å². The minimum atomic E-state index is -0.183. The molecule has 0 aliphatic carbocycles. The van der Waals surface area contributed by atoms with Gasteiger partial charge in [0.1, 0.15) is 5.82 Å². The topological polar surface area (TPSA) is 21.3 Å². The van der Waals surface area contributed by atoms with Gasteiger partial charge >= 0.3 is 0 Å². The highest BCUT2D eigenvalue weighted by Crippen LogP contribution is 2.11. The van der Waals surface area contributed by atoms with E-state index >= 15 is 0 Å². The number of likely N-dealkylation sites (N-methyl/N-ethyl adjacent to an activating group) is 1. The quantitative estimate of drug-likeness (QED) is 0.802. The lowest BCUT2D eigenvalue weighted by Crippen LogP contribution is -2.40. The monoisotopic (exact) mass is 225 g/mol. The largest absolute Gasteiger partial charge is 0.380 e. The van der Waals surface area contributed by atoms with Crippen molar-refractivity contribution in [1.29, 1.82) is 0 Å². The molecular formula is C13H20FNO. The van der Waals surface area contributed by atoms with Crippen LogP contribution >= 0.6 is 0 Å². The van der Waals surface area contributed by atoms with E-state index in [2.05, 4.69) is 12.2 Å². The summed E-state index contributed by atoms with van der Waals surface area (Å²) < 4.78 is 18.4. The first-order chi connectivity index (χ1) is 7.71. The number of methoxy groups -OCH3 is 1. The number of benzene rings is 1. The molecule has 0 fully saturated rings. The summed E-state index contributed by atoms with van der Waals surface area (Å²) in [5, 5.41) is 3.22. The van der Waals surface area contributed by atoms with Gasteiger partial charge in [-0.25, -0.2) is 4.39 Å². The van der Waals surface area contributed by atoms with Crippen LogP contribution in [0.25, 0.3) is 0 Å². The Labute approximate surface area is 96.8 Å². The standard InChI is InChI=1S/C13H20FNO/c1-4-13(16-3)12(15-2)9-10-6-5-7-11(14)8-10/h5-8,12-13,15H,4,9H2,1-3H3. The zero-order valence-electron chi connectivity index (χ0n) is 10.2. The number of hydrogen-bond acceptors (Lipinski definition) is 2. The van der Waals surface area contributed by atoms with Crippen molar-refractivity contribution in [1.82, 2.24) is 5.32 Å².